The summed E-state index contributed by atoms with van der Waals surface area (Å²) in [6.07, 6.45) is 2.44. The Balaban J connectivity index is 0.000000251. The molecule has 1 aromatic heterocycles. The van der Waals surface area contributed by atoms with Crippen LogP contribution in [-0.2, 0) is 4.79 Å². The zero-order valence-electron chi connectivity index (χ0n) is 7.16. The van der Waals surface area contributed by atoms with Crippen molar-refractivity contribution in [1.29, 1.82) is 0 Å². The monoisotopic (exact) mass is 240 g/mol. The topological polar surface area (TPSA) is 30.2 Å². The number of hydrogen-bond acceptors (Lipinski definition) is 2. The normalized spacial score (nSPS) is 9.08. The van der Waals surface area contributed by atoms with E-state index in [4.69, 9.17) is 9.21 Å². The molecular formula is C10H9BrO2. The Morgan fingerprint density at radius 1 is 1.38 bits per heavy atom. The third kappa shape index (κ3) is 2.70. The van der Waals surface area contributed by atoms with Gasteiger partial charge in [-0.3, -0.25) is 0 Å². The molecule has 0 fully saturated rings. The summed E-state index contributed by atoms with van der Waals surface area (Å²) in [5, 5.41) is 1.13. The predicted octanol–water partition coefficient (Wildman–Crippen LogP) is 3.40. The molecule has 2 nitrogen and oxygen atoms in total. The molecule has 3 heteroatoms. The van der Waals surface area contributed by atoms with Crippen LogP contribution < -0.4 is 0 Å². The van der Waals surface area contributed by atoms with Crippen molar-refractivity contribution in [2.24, 2.45) is 0 Å². The molecule has 0 N–H and O–H groups in total. The number of furan rings is 1. The first-order valence-corrected chi connectivity index (χ1v) is 4.59. The van der Waals surface area contributed by atoms with Crippen molar-refractivity contribution < 1.29 is 9.21 Å². The number of carbonyl (C=O) groups is 1. The van der Waals surface area contributed by atoms with E-state index in [0.29, 0.717) is 0 Å². The first-order valence-electron chi connectivity index (χ1n) is 3.80. The molecule has 2 rings (SSSR count). The van der Waals surface area contributed by atoms with Crippen molar-refractivity contribution in [3.8, 4) is 0 Å². The van der Waals surface area contributed by atoms with E-state index in [9.17, 15) is 0 Å². The molecule has 0 spiro atoms. The fraction of sp³-hybridized carbons (Fsp3) is 0.100. The molecular weight excluding hydrogens is 232 g/mol. The average molecular weight is 241 g/mol. The van der Waals surface area contributed by atoms with E-state index < -0.39 is 0 Å². The van der Waals surface area contributed by atoms with Gasteiger partial charge in [0.15, 0.2) is 0 Å². The highest BCUT2D eigenvalue weighted by atomic mass is 79.9. The van der Waals surface area contributed by atoms with Gasteiger partial charge >= 0.3 is 0 Å². The van der Waals surface area contributed by atoms with E-state index in [0.717, 1.165) is 21.7 Å². The first kappa shape index (κ1) is 9.99. The van der Waals surface area contributed by atoms with E-state index in [1.54, 1.807) is 6.26 Å². The minimum atomic E-state index is 0.750. The Morgan fingerprint density at radius 3 is 2.77 bits per heavy atom. The van der Waals surface area contributed by atoms with Crippen molar-refractivity contribution in [3.05, 3.63) is 35.0 Å². The second-order valence-electron chi connectivity index (χ2n) is 2.34. The third-order valence-electron chi connectivity index (χ3n) is 1.41. The molecule has 1 heterocycles. The number of fused-ring (bicyclic) bond motifs is 1. The maximum Gasteiger partial charge on any atom is 0.133 e. The third-order valence-corrected chi connectivity index (χ3v) is 1.91. The largest absolute Gasteiger partial charge is 0.464 e. The van der Waals surface area contributed by atoms with Crippen molar-refractivity contribution in [3.63, 3.8) is 0 Å². The standard InChI is InChI=1S/C8H5BrO.C2H4O/c9-7-1-2-8-6(5-7)3-4-10-8;1-2-3/h1-5H;2H,1H3. The maximum absolute atomic E-state index is 8.81. The number of carbonyl (C=O) groups excluding carboxylic acids is 1. The van der Waals surface area contributed by atoms with Gasteiger partial charge in [-0.1, -0.05) is 15.9 Å². The van der Waals surface area contributed by atoms with E-state index in [-0.39, 0.29) is 0 Å². The van der Waals surface area contributed by atoms with E-state index in [2.05, 4.69) is 15.9 Å². The second kappa shape index (κ2) is 4.82. The van der Waals surface area contributed by atoms with Gasteiger partial charge in [-0.2, -0.15) is 0 Å². The SMILES string of the molecule is Brc1ccc2occc2c1.CC=O. The summed E-state index contributed by atoms with van der Waals surface area (Å²) in [6, 6.07) is 7.88. The van der Waals surface area contributed by atoms with Gasteiger partial charge in [0, 0.05) is 9.86 Å². The summed E-state index contributed by atoms with van der Waals surface area (Å²) in [5.74, 6) is 0. The molecule has 1 aromatic carbocycles. The molecule has 0 unspecified atom stereocenters. The van der Waals surface area contributed by atoms with Gasteiger partial charge < -0.3 is 9.21 Å². The van der Waals surface area contributed by atoms with Crippen LogP contribution in [0.15, 0.2) is 39.4 Å². The van der Waals surface area contributed by atoms with E-state index >= 15 is 0 Å². The molecule has 0 radical (unpaired) electrons. The number of halogens is 1. The fourth-order valence-corrected chi connectivity index (χ4v) is 1.32. The summed E-state index contributed by atoms with van der Waals surface area (Å²) < 4.78 is 6.24. The zero-order chi connectivity index (χ0) is 9.68. The molecule has 0 saturated carbocycles. The van der Waals surface area contributed by atoms with Crippen LogP contribution in [0.4, 0.5) is 0 Å². The summed E-state index contributed by atoms with van der Waals surface area (Å²) in [4.78, 5) is 8.81. The lowest BCUT2D eigenvalue weighted by Crippen LogP contribution is -1.62. The lowest BCUT2D eigenvalue weighted by atomic mass is 10.3. The van der Waals surface area contributed by atoms with Crippen molar-refractivity contribution in [2.45, 2.75) is 6.92 Å². The number of hydrogen-bond donors (Lipinski definition) is 0. The molecule has 13 heavy (non-hydrogen) atoms. The molecule has 0 aliphatic heterocycles. The van der Waals surface area contributed by atoms with Gasteiger partial charge in [0.25, 0.3) is 0 Å². The summed E-state index contributed by atoms with van der Waals surface area (Å²) >= 11 is 3.38. The van der Waals surface area contributed by atoms with E-state index in [1.165, 1.54) is 6.92 Å². The van der Waals surface area contributed by atoms with Gasteiger partial charge in [-0.05, 0) is 31.2 Å². The van der Waals surface area contributed by atoms with Gasteiger partial charge in [0.2, 0.25) is 0 Å². The van der Waals surface area contributed by atoms with Crippen LogP contribution in [0.25, 0.3) is 11.0 Å². The molecule has 0 aliphatic carbocycles. The number of rotatable bonds is 0. The van der Waals surface area contributed by atoms with Gasteiger partial charge in [0.05, 0.1) is 6.26 Å². The van der Waals surface area contributed by atoms with E-state index in [1.807, 2.05) is 24.3 Å². The van der Waals surface area contributed by atoms with Crippen LogP contribution in [0.2, 0.25) is 0 Å². The molecule has 0 aliphatic rings. The second-order valence-corrected chi connectivity index (χ2v) is 3.25. The van der Waals surface area contributed by atoms with Crippen LogP contribution in [0.3, 0.4) is 0 Å². The smallest absolute Gasteiger partial charge is 0.133 e. The summed E-state index contributed by atoms with van der Waals surface area (Å²) in [7, 11) is 0. The number of aldehydes is 1. The Morgan fingerprint density at radius 2 is 2.08 bits per heavy atom. The minimum Gasteiger partial charge on any atom is -0.464 e. The van der Waals surface area contributed by atoms with Gasteiger partial charge in [-0.25, -0.2) is 0 Å². The lowest BCUT2D eigenvalue weighted by Gasteiger charge is -1.87. The summed E-state index contributed by atoms with van der Waals surface area (Å²) in [6.45, 7) is 1.44. The highest BCUT2D eigenvalue weighted by Crippen LogP contribution is 2.19. The molecule has 0 bridgehead atoms. The molecule has 0 atom stereocenters. The zero-order valence-corrected chi connectivity index (χ0v) is 8.74. The highest BCUT2D eigenvalue weighted by Gasteiger charge is 1.94. The Hall–Kier alpha value is -1.09. The van der Waals surface area contributed by atoms with Crippen LogP contribution in [0, 0.1) is 0 Å². The number of benzene rings is 1. The van der Waals surface area contributed by atoms with Gasteiger partial charge in [0.1, 0.15) is 11.9 Å². The van der Waals surface area contributed by atoms with Crippen LogP contribution in [-0.4, -0.2) is 6.29 Å². The van der Waals surface area contributed by atoms with Gasteiger partial charge in [-0.15, -0.1) is 0 Å². The quantitative estimate of drug-likeness (QED) is 0.661. The Kier molecular flexibility index (Phi) is 3.71. The average Bonchev–Trinajstić information content (AvgIpc) is 2.52. The van der Waals surface area contributed by atoms with Crippen LogP contribution >= 0.6 is 15.9 Å². The molecule has 2 aromatic rings. The fourth-order valence-electron chi connectivity index (χ4n) is 0.938. The van der Waals surface area contributed by atoms with Crippen molar-refractivity contribution in [2.75, 3.05) is 0 Å². The van der Waals surface area contributed by atoms with Crippen LogP contribution in [0.1, 0.15) is 6.92 Å². The highest BCUT2D eigenvalue weighted by molar-refractivity contribution is 9.10. The molecule has 0 saturated heterocycles. The Bertz CT molecular complexity index is 392. The summed E-state index contributed by atoms with van der Waals surface area (Å²) in [5.41, 5.74) is 0.934. The maximum atomic E-state index is 8.81. The van der Waals surface area contributed by atoms with Crippen molar-refractivity contribution >= 4 is 33.2 Å². The first-order chi connectivity index (χ1) is 6.27. The Labute approximate surface area is 84.7 Å². The lowest BCUT2D eigenvalue weighted by molar-refractivity contribution is -0.106. The van der Waals surface area contributed by atoms with Crippen LogP contribution in [0.5, 0.6) is 0 Å². The predicted molar refractivity (Wildman–Crippen MR) is 55.7 cm³/mol. The van der Waals surface area contributed by atoms with Crippen molar-refractivity contribution in [1.82, 2.24) is 0 Å². The molecule has 0 amide bonds. The molecule has 68 valence electrons. The minimum absolute atomic E-state index is 0.750.